The van der Waals surface area contributed by atoms with Crippen molar-refractivity contribution in [1.29, 1.82) is 0 Å². The number of hydrogen-bond acceptors (Lipinski definition) is 4. The molecule has 1 saturated heterocycles. The number of benzene rings is 2. The average molecular weight is 379 g/mol. The lowest BCUT2D eigenvalue weighted by Gasteiger charge is -2.35. The van der Waals surface area contributed by atoms with Gasteiger partial charge in [-0.1, -0.05) is 41.1 Å². The second kappa shape index (κ2) is 7.80. The zero-order valence-electron chi connectivity index (χ0n) is 15.8. The zero-order chi connectivity index (χ0) is 19.5. The van der Waals surface area contributed by atoms with E-state index in [1.807, 2.05) is 0 Å². The van der Waals surface area contributed by atoms with Gasteiger partial charge in [0.05, 0.1) is 12.7 Å². The number of hydrogen-bond donors (Lipinski definition) is 0. The minimum absolute atomic E-state index is 0.136. The summed E-state index contributed by atoms with van der Waals surface area (Å²) in [7, 11) is 0. The fourth-order valence-corrected chi connectivity index (χ4v) is 3.36. The molecule has 1 fully saturated rings. The van der Waals surface area contributed by atoms with E-state index in [0.29, 0.717) is 24.3 Å². The summed E-state index contributed by atoms with van der Waals surface area (Å²) in [4.78, 5) is 16.8. The lowest BCUT2D eigenvalue weighted by atomic mass is 10.2. The Morgan fingerprint density at radius 2 is 1.75 bits per heavy atom. The quantitative estimate of drug-likeness (QED) is 0.700. The molecule has 7 heteroatoms. The summed E-state index contributed by atoms with van der Waals surface area (Å²) < 4.78 is 15.3. The van der Waals surface area contributed by atoms with Crippen molar-refractivity contribution in [2.45, 2.75) is 13.5 Å². The van der Waals surface area contributed by atoms with Crippen molar-refractivity contribution in [1.82, 2.24) is 19.9 Å². The molecule has 6 nitrogen and oxygen atoms in total. The summed E-state index contributed by atoms with van der Waals surface area (Å²) in [6.07, 6.45) is 1.58. The van der Waals surface area contributed by atoms with Gasteiger partial charge in [0.25, 0.3) is 5.91 Å². The SMILES string of the molecule is Cc1ccc(N2CCN(C(=O)c3cn(Cc4ccccc4F)nn3)CC2)cc1. The smallest absolute Gasteiger partial charge is 0.276 e. The van der Waals surface area contributed by atoms with Crippen molar-refractivity contribution in [3.05, 3.63) is 77.4 Å². The van der Waals surface area contributed by atoms with Gasteiger partial charge in [0.15, 0.2) is 5.69 Å². The largest absolute Gasteiger partial charge is 0.368 e. The van der Waals surface area contributed by atoms with Gasteiger partial charge < -0.3 is 9.80 Å². The van der Waals surface area contributed by atoms with Crippen LogP contribution in [0.2, 0.25) is 0 Å². The maximum absolute atomic E-state index is 13.8. The van der Waals surface area contributed by atoms with Gasteiger partial charge in [-0.3, -0.25) is 4.79 Å². The van der Waals surface area contributed by atoms with Gasteiger partial charge in [-0.15, -0.1) is 5.10 Å². The van der Waals surface area contributed by atoms with Crippen LogP contribution in [0.3, 0.4) is 0 Å². The van der Waals surface area contributed by atoms with E-state index >= 15 is 0 Å². The number of nitrogens with zero attached hydrogens (tertiary/aromatic N) is 5. The van der Waals surface area contributed by atoms with Gasteiger partial charge in [0, 0.05) is 37.4 Å². The molecule has 1 aliphatic rings. The molecule has 0 atom stereocenters. The Morgan fingerprint density at radius 3 is 2.46 bits per heavy atom. The molecule has 2 aromatic carbocycles. The molecule has 0 saturated carbocycles. The maximum Gasteiger partial charge on any atom is 0.276 e. The lowest BCUT2D eigenvalue weighted by Crippen LogP contribution is -2.48. The predicted molar refractivity (Wildman–Crippen MR) is 105 cm³/mol. The number of piperazine rings is 1. The molecular weight excluding hydrogens is 357 g/mol. The van der Waals surface area contributed by atoms with Crippen LogP contribution in [0.5, 0.6) is 0 Å². The molecule has 0 aliphatic carbocycles. The third-order valence-electron chi connectivity index (χ3n) is 5.01. The summed E-state index contributed by atoms with van der Waals surface area (Å²) in [6, 6.07) is 14.9. The molecule has 28 heavy (non-hydrogen) atoms. The van der Waals surface area contributed by atoms with Crippen LogP contribution in [0.25, 0.3) is 0 Å². The Labute approximate surface area is 163 Å². The molecule has 0 radical (unpaired) electrons. The molecule has 3 aromatic rings. The van der Waals surface area contributed by atoms with E-state index in [-0.39, 0.29) is 18.3 Å². The van der Waals surface area contributed by atoms with Crippen LogP contribution in [0.4, 0.5) is 10.1 Å². The summed E-state index contributed by atoms with van der Waals surface area (Å²) in [6.45, 7) is 5.13. The van der Waals surface area contributed by atoms with Gasteiger partial charge in [-0.05, 0) is 25.1 Å². The second-order valence-electron chi connectivity index (χ2n) is 7.01. The highest BCUT2D eigenvalue weighted by atomic mass is 19.1. The molecular formula is C21H22FN5O. The Bertz CT molecular complexity index is 961. The topological polar surface area (TPSA) is 54.3 Å². The molecule has 144 valence electrons. The van der Waals surface area contributed by atoms with Crippen LogP contribution in [0.1, 0.15) is 21.6 Å². The van der Waals surface area contributed by atoms with Crippen molar-refractivity contribution in [2.75, 3.05) is 31.1 Å². The maximum atomic E-state index is 13.8. The minimum Gasteiger partial charge on any atom is -0.368 e. The molecule has 1 aromatic heterocycles. The second-order valence-corrected chi connectivity index (χ2v) is 7.01. The highest BCUT2D eigenvalue weighted by Crippen LogP contribution is 2.18. The molecule has 0 spiro atoms. The summed E-state index contributed by atoms with van der Waals surface area (Å²) in [5, 5.41) is 7.97. The standard InChI is InChI=1S/C21H22FN5O/c1-16-6-8-18(9-7-16)25-10-12-26(13-11-25)21(28)20-15-27(24-23-20)14-17-4-2-3-5-19(17)22/h2-9,15H,10-14H2,1H3. The third kappa shape index (κ3) is 3.88. The van der Waals surface area contributed by atoms with E-state index in [2.05, 4.69) is 46.4 Å². The first-order chi connectivity index (χ1) is 13.6. The van der Waals surface area contributed by atoms with Crippen LogP contribution in [-0.4, -0.2) is 52.0 Å². The first kappa shape index (κ1) is 18.2. The third-order valence-corrected chi connectivity index (χ3v) is 5.01. The van der Waals surface area contributed by atoms with Crippen LogP contribution in [-0.2, 0) is 6.54 Å². The fraction of sp³-hybridized carbons (Fsp3) is 0.286. The number of aryl methyl sites for hydroxylation is 1. The van der Waals surface area contributed by atoms with Gasteiger partial charge in [0.1, 0.15) is 5.82 Å². The summed E-state index contributed by atoms with van der Waals surface area (Å²) in [5.41, 5.74) is 3.21. The zero-order valence-corrected chi connectivity index (χ0v) is 15.8. The van der Waals surface area contributed by atoms with Crippen LogP contribution >= 0.6 is 0 Å². The number of halogens is 1. The van der Waals surface area contributed by atoms with Crippen LogP contribution < -0.4 is 4.90 Å². The average Bonchev–Trinajstić information content (AvgIpc) is 3.18. The van der Waals surface area contributed by atoms with Crippen molar-refractivity contribution < 1.29 is 9.18 Å². The van der Waals surface area contributed by atoms with Crippen molar-refractivity contribution in [3.8, 4) is 0 Å². The Kier molecular flexibility index (Phi) is 5.06. The van der Waals surface area contributed by atoms with Crippen LogP contribution in [0, 0.1) is 12.7 Å². The van der Waals surface area contributed by atoms with E-state index in [9.17, 15) is 9.18 Å². The Morgan fingerprint density at radius 1 is 1.04 bits per heavy atom. The van der Waals surface area contributed by atoms with Crippen LogP contribution in [0.15, 0.2) is 54.7 Å². The molecule has 1 aliphatic heterocycles. The number of carbonyl (C=O) groups is 1. The molecule has 0 unspecified atom stereocenters. The summed E-state index contributed by atoms with van der Waals surface area (Å²) in [5.74, 6) is -0.429. The van der Waals surface area contributed by atoms with E-state index in [1.54, 1.807) is 29.3 Å². The molecule has 1 amide bonds. The Hall–Kier alpha value is -3.22. The number of carbonyl (C=O) groups excluding carboxylic acids is 1. The fourth-order valence-electron chi connectivity index (χ4n) is 3.36. The van der Waals surface area contributed by atoms with E-state index < -0.39 is 0 Å². The van der Waals surface area contributed by atoms with Gasteiger partial charge in [-0.25, -0.2) is 9.07 Å². The van der Waals surface area contributed by atoms with E-state index in [0.717, 1.165) is 13.1 Å². The number of amides is 1. The van der Waals surface area contributed by atoms with E-state index in [1.165, 1.54) is 22.0 Å². The van der Waals surface area contributed by atoms with Gasteiger partial charge >= 0.3 is 0 Å². The lowest BCUT2D eigenvalue weighted by molar-refractivity contribution is 0.0740. The summed E-state index contributed by atoms with van der Waals surface area (Å²) >= 11 is 0. The highest BCUT2D eigenvalue weighted by Gasteiger charge is 2.24. The van der Waals surface area contributed by atoms with Crippen molar-refractivity contribution >= 4 is 11.6 Å². The Balaban J connectivity index is 1.37. The molecule has 0 N–H and O–H groups in total. The van der Waals surface area contributed by atoms with E-state index in [4.69, 9.17) is 0 Å². The normalized spacial score (nSPS) is 14.4. The molecule has 4 rings (SSSR count). The highest BCUT2D eigenvalue weighted by molar-refractivity contribution is 5.92. The minimum atomic E-state index is -0.293. The van der Waals surface area contributed by atoms with Crippen molar-refractivity contribution in [3.63, 3.8) is 0 Å². The first-order valence-electron chi connectivity index (χ1n) is 9.34. The van der Waals surface area contributed by atoms with Gasteiger partial charge in [-0.2, -0.15) is 0 Å². The van der Waals surface area contributed by atoms with Crippen molar-refractivity contribution in [2.24, 2.45) is 0 Å². The number of anilines is 1. The molecule has 2 heterocycles. The molecule has 0 bridgehead atoms. The number of rotatable bonds is 4. The monoisotopic (exact) mass is 379 g/mol. The number of aromatic nitrogens is 3. The predicted octanol–water partition coefficient (Wildman–Crippen LogP) is 2.74. The first-order valence-corrected chi connectivity index (χ1v) is 9.34. The van der Waals surface area contributed by atoms with Gasteiger partial charge in [0.2, 0.25) is 0 Å².